The van der Waals surface area contributed by atoms with E-state index in [1.54, 1.807) is 0 Å². The summed E-state index contributed by atoms with van der Waals surface area (Å²) in [7, 11) is 1.99. The predicted octanol–water partition coefficient (Wildman–Crippen LogP) is 3.20. The molecule has 1 aromatic rings. The molecule has 2 nitrogen and oxygen atoms in total. The highest BCUT2D eigenvalue weighted by atomic mass is 15.1. The summed E-state index contributed by atoms with van der Waals surface area (Å²) in [6.45, 7) is 12.1. The van der Waals surface area contributed by atoms with Crippen LogP contribution in [-0.2, 0) is 6.54 Å². The zero-order valence-electron chi connectivity index (χ0n) is 11.9. The highest BCUT2D eigenvalue weighted by Gasteiger charge is 2.07. The first-order valence-corrected chi connectivity index (χ1v) is 6.57. The van der Waals surface area contributed by atoms with E-state index in [9.17, 15) is 0 Å². The largest absolute Gasteiger partial charge is 0.372 e. The molecule has 0 unspecified atom stereocenters. The Morgan fingerprint density at radius 3 is 2.47 bits per heavy atom. The highest BCUT2D eigenvalue weighted by molar-refractivity contribution is 5.50. The molecule has 0 radical (unpaired) electrons. The molecule has 0 aromatic heterocycles. The van der Waals surface area contributed by atoms with Gasteiger partial charge in [0.05, 0.1) is 0 Å². The van der Waals surface area contributed by atoms with E-state index in [-0.39, 0.29) is 0 Å². The first kappa shape index (κ1) is 14.0. The van der Waals surface area contributed by atoms with Crippen molar-refractivity contribution in [1.29, 1.82) is 0 Å². The fraction of sp³-hybridized carbons (Fsp3) is 0.600. The maximum atomic E-state index is 3.21. The van der Waals surface area contributed by atoms with E-state index in [2.05, 4.69) is 56.1 Å². The number of hydrogen-bond donors (Lipinski definition) is 1. The van der Waals surface area contributed by atoms with Crippen molar-refractivity contribution in [3.63, 3.8) is 0 Å². The number of benzene rings is 1. The normalized spacial score (nSPS) is 10.9. The van der Waals surface area contributed by atoms with Gasteiger partial charge in [0.25, 0.3) is 0 Å². The molecule has 0 aliphatic rings. The fourth-order valence-electron chi connectivity index (χ4n) is 2.12. The summed E-state index contributed by atoms with van der Waals surface area (Å²) >= 11 is 0. The average Bonchev–Trinajstić information content (AvgIpc) is 2.28. The highest BCUT2D eigenvalue weighted by Crippen LogP contribution is 2.20. The number of rotatable bonds is 6. The molecule has 0 atom stereocenters. The molecule has 0 heterocycles. The van der Waals surface area contributed by atoms with Crippen molar-refractivity contribution in [2.24, 2.45) is 5.92 Å². The van der Waals surface area contributed by atoms with Gasteiger partial charge in [-0.3, -0.25) is 0 Å². The molecule has 0 saturated carbocycles. The Bertz CT molecular complexity index is 345. The third-order valence-electron chi connectivity index (χ3n) is 3.03. The first-order valence-electron chi connectivity index (χ1n) is 6.57. The van der Waals surface area contributed by atoms with Crippen molar-refractivity contribution in [1.82, 2.24) is 5.32 Å². The predicted molar refractivity (Wildman–Crippen MR) is 76.7 cm³/mol. The number of nitrogens with zero attached hydrogens (tertiary/aromatic N) is 1. The monoisotopic (exact) mass is 234 g/mol. The van der Waals surface area contributed by atoms with Gasteiger partial charge in [-0.15, -0.1) is 0 Å². The minimum Gasteiger partial charge on any atom is -0.372 e. The number of anilines is 1. The molecule has 2 heteroatoms. The van der Waals surface area contributed by atoms with Gasteiger partial charge in [0.1, 0.15) is 0 Å². The second kappa shape index (κ2) is 6.65. The van der Waals surface area contributed by atoms with Crippen LogP contribution in [0.4, 0.5) is 5.69 Å². The fourth-order valence-corrected chi connectivity index (χ4v) is 2.12. The summed E-state index contributed by atoms with van der Waals surface area (Å²) in [5, 5.41) is 3.21. The van der Waals surface area contributed by atoms with E-state index >= 15 is 0 Å². The second-order valence-electron chi connectivity index (χ2n) is 5.07. The Morgan fingerprint density at radius 1 is 1.29 bits per heavy atom. The molecular weight excluding hydrogens is 208 g/mol. The number of hydrogen-bond acceptors (Lipinski definition) is 2. The van der Waals surface area contributed by atoms with Gasteiger partial charge in [-0.2, -0.15) is 0 Å². The third kappa shape index (κ3) is 4.04. The number of nitrogens with one attached hydrogen (secondary N) is 1. The molecule has 17 heavy (non-hydrogen) atoms. The molecule has 0 bridgehead atoms. The molecule has 1 aromatic carbocycles. The topological polar surface area (TPSA) is 15.3 Å². The van der Waals surface area contributed by atoms with Crippen LogP contribution in [0, 0.1) is 12.8 Å². The lowest BCUT2D eigenvalue weighted by atomic mass is 10.1. The molecule has 1 N–H and O–H groups in total. The van der Waals surface area contributed by atoms with Crippen LogP contribution >= 0.6 is 0 Å². The van der Waals surface area contributed by atoms with Crippen LogP contribution in [-0.4, -0.2) is 20.1 Å². The Hall–Kier alpha value is -1.02. The molecule has 96 valence electrons. The van der Waals surface area contributed by atoms with Gasteiger partial charge in [-0.05, 0) is 50.1 Å². The maximum Gasteiger partial charge on any atom is 0.0369 e. The minimum absolute atomic E-state index is 0.701. The molecule has 1 rings (SSSR count). The van der Waals surface area contributed by atoms with E-state index in [1.807, 2.05) is 7.05 Å². The van der Waals surface area contributed by atoms with Gasteiger partial charge >= 0.3 is 0 Å². The van der Waals surface area contributed by atoms with Gasteiger partial charge < -0.3 is 10.2 Å². The van der Waals surface area contributed by atoms with E-state index in [0.29, 0.717) is 5.92 Å². The lowest BCUT2D eigenvalue weighted by Gasteiger charge is -2.26. The maximum absolute atomic E-state index is 3.21. The van der Waals surface area contributed by atoms with Gasteiger partial charge in [-0.25, -0.2) is 0 Å². The van der Waals surface area contributed by atoms with E-state index in [0.717, 1.165) is 19.6 Å². The molecule has 0 amide bonds. The molecule has 0 fully saturated rings. The average molecular weight is 234 g/mol. The zero-order valence-corrected chi connectivity index (χ0v) is 11.9. The van der Waals surface area contributed by atoms with E-state index < -0.39 is 0 Å². The van der Waals surface area contributed by atoms with Crippen LogP contribution in [0.2, 0.25) is 0 Å². The third-order valence-corrected chi connectivity index (χ3v) is 3.03. The van der Waals surface area contributed by atoms with Crippen molar-refractivity contribution in [2.45, 2.75) is 34.2 Å². The minimum atomic E-state index is 0.701. The smallest absolute Gasteiger partial charge is 0.0369 e. The summed E-state index contributed by atoms with van der Waals surface area (Å²) in [6.07, 6.45) is 0. The summed E-state index contributed by atoms with van der Waals surface area (Å²) in [4.78, 5) is 2.45. The summed E-state index contributed by atoms with van der Waals surface area (Å²) in [5.74, 6) is 0.701. The molecule has 0 saturated heterocycles. The van der Waals surface area contributed by atoms with Crippen LogP contribution in [0.25, 0.3) is 0 Å². The van der Waals surface area contributed by atoms with Crippen LogP contribution in [0.3, 0.4) is 0 Å². The van der Waals surface area contributed by atoms with Gasteiger partial charge in [0, 0.05) is 25.3 Å². The standard InChI is InChI=1S/C15H26N2/c1-6-17(11-12(2)3)15-8-7-14(10-16-5)13(4)9-15/h7-9,12,16H,6,10-11H2,1-5H3. The lowest BCUT2D eigenvalue weighted by Crippen LogP contribution is -2.27. The Morgan fingerprint density at radius 2 is 2.00 bits per heavy atom. The molecule has 0 spiro atoms. The first-order chi connectivity index (χ1) is 8.08. The van der Waals surface area contributed by atoms with Gasteiger partial charge in [-0.1, -0.05) is 19.9 Å². The van der Waals surface area contributed by atoms with Gasteiger partial charge in [0.15, 0.2) is 0 Å². The Balaban J connectivity index is 2.86. The van der Waals surface area contributed by atoms with Crippen LogP contribution in [0.1, 0.15) is 31.9 Å². The van der Waals surface area contributed by atoms with Crippen molar-refractivity contribution >= 4 is 5.69 Å². The molecule has 0 aliphatic carbocycles. The molecular formula is C15H26N2. The van der Waals surface area contributed by atoms with Crippen LogP contribution in [0.5, 0.6) is 0 Å². The van der Waals surface area contributed by atoms with Crippen molar-refractivity contribution < 1.29 is 0 Å². The van der Waals surface area contributed by atoms with Crippen LogP contribution in [0.15, 0.2) is 18.2 Å². The van der Waals surface area contributed by atoms with E-state index in [4.69, 9.17) is 0 Å². The Labute approximate surface area is 106 Å². The second-order valence-corrected chi connectivity index (χ2v) is 5.07. The summed E-state index contributed by atoms with van der Waals surface area (Å²) < 4.78 is 0. The lowest BCUT2D eigenvalue weighted by molar-refractivity contribution is 0.618. The van der Waals surface area contributed by atoms with Crippen molar-refractivity contribution in [3.8, 4) is 0 Å². The Kier molecular flexibility index (Phi) is 5.49. The summed E-state index contributed by atoms with van der Waals surface area (Å²) in [5.41, 5.74) is 4.11. The van der Waals surface area contributed by atoms with E-state index in [1.165, 1.54) is 16.8 Å². The number of aryl methyl sites for hydroxylation is 1. The van der Waals surface area contributed by atoms with Crippen LogP contribution < -0.4 is 10.2 Å². The molecule has 0 aliphatic heterocycles. The zero-order chi connectivity index (χ0) is 12.8. The summed E-state index contributed by atoms with van der Waals surface area (Å²) in [6, 6.07) is 6.79. The quantitative estimate of drug-likeness (QED) is 0.813. The van der Waals surface area contributed by atoms with Gasteiger partial charge in [0.2, 0.25) is 0 Å². The van der Waals surface area contributed by atoms with Crippen molar-refractivity contribution in [2.75, 3.05) is 25.0 Å². The SMILES string of the molecule is CCN(CC(C)C)c1ccc(CNC)c(C)c1. The van der Waals surface area contributed by atoms with Crippen molar-refractivity contribution in [3.05, 3.63) is 29.3 Å².